The Hall–Kier alpha value is -3.73. The van der Waals surface area contributed by atoms with Gasteiger partial charge in [-0.15, -0.1) is 0 Å². The van der Waals surface area contributed by atoms with Crippen LogP contribution in [0.1, 0.15) is 38.8 Å². The molecule has 0 saturated carbocycles. The summed E-state index contributed by atoms with van der Waals surface area (Å²) in [7, 11) is 0. The van der Waals surface area contributed by atoms with Gasteiger partial charge >= 0.3 is 0 Å². The van der Waals surface area contributed by atoms with E-state index in [1.165, 1.54) is 6.92 Å². The molecule has 0 unspecified atom stereocenters. The topological polar surface area (TPSA) is 75.3 Å². The van der Waals surface area contributed by atoms with Crippen LogP contribution in [0.2, 0.25) is 0 Å². The summed E-state index contributed by atoms with van der Waals surface area (Å²) in [5.74, 6) is -0.554. The number of amides is 2. The molecule has 1 aliphatic rings. The molecule has 0 radical (unpaired) electrons. The third-order valence-corrected chi connectivity index (χ3v) is 4.88. The second kappa shape index (κ2) is 6.78. The van der Waals surface area contributed by atoms with Gasteiger partial charge in [0, 0.05) is 35.0 Å². The van der Waals surface area contributed by atoms with Crippen LogP contribution in [0, 0.1) is 6.92 Å². The van der Waals surface area contributed by atoms with Gasteiger partial charge in [-0.2, -0.15) is 0 Å². The molecule has 28 heavy (non-hydrogen) atoms. The second-order valence-corrected chi connectivity index (χ2v) is 6.75. The maximum Gasteiger partial charge on any atom is 0.255 e. The minimum absolute atomic E-state index is 0.0657. The molecular weight excluding hydrogens is 352 g/mol. The van der Waals surface area contributed by atoms with Gasteiger partial charge in [-0.3, -0.25) is 14.4 Å². The normalized spacial score (nSPS) is 11.6. The van der Waals surface area contributed by atoms with E-state index >= 15 is 0 Å². The van der Waals surface area contributed by atoms with Crippen molar-refractivity contribution < 1.29 is 14.4 Å². The van der Waals surface area contributed by atoms with Crippen molar-refractivity contribution in [3.63, 3.8) is 0 Å². The highest BCUT2D eigenvalue weighted by atomic mass is 16.2. The summed E-state index contributed by atoms with van der Waals surface area (Å²) in [6.45, 7) is 3.26. The van der Waals surface area contributed by atoms with Gasteiger partial charge in [0.05, 0.1) is 0 Å². The van der Waals surface area contributed by atoms with E-state index in [9.17, 15) is 14.4 Å². The third kappa shape index (κ3) is 2.97. The molecule has 0 fully saturated rings. The first kappa shape index (κ1) is 17.7. The Bertz CT molecular complexity index is 1150. The SMILES string of the molecule is CC(=O)Nc1cccc(NC(=O)c2ccc3c(c2)C(=O)c2ccccc2-3)c1C. The number of benzene rings is 3. The summed E-state index contributed by atoms with van der Waals surface area (Å²) in [5, 5.41) is 5.61. The van der Waals surface area contributed by atoms with E-state index < -0.39 is 0 Å². The Labute approximate surface area is 162 Å². The smallest absolute Gasteiger partial charge is 0.255 e. The summed E-state index contributed by atoms with van der Waals surface area (Å²) < 4.78 is 0. The van der Waals surface area contributed by atoms with Gasteiger partial charge in [-0.1, -0.05) is 36.4 Å². The zero-order valence-corrected chi connectivity index (χ0v) is 15.5. The van der Waals surface area contributed by atoms with Crippen LogP contribution in [-0.2, 0) is 4.79 Å². The third-order valence-electron chi connectivity index (χ3n) is 4.88. The lowest BCUT2D eigenvalue weighted by Gasteiger charge is -2.13. The van der Waals surface area contributed by atoms with E-state index in [0.717, 1.165) is 16.7 Å². The number of carbonyl (C=O) groups is 3. The van der Waals surface area contributed by atoms with Gasteiger partial charge in [0.25, 0.3) is 5.91 Å². The molecule has 2 N–H and O–H groups in total. The quantitative estimate of drug-likeness (QED) is 0.561. The van der Waals surface area contributed by atoms with E-state index in [4.69, 9.17) is 0 Å². The van der Waals surface area contributed by atoms with Crippen molar-refractivity contribution in [1.29, 1.82) is 0 Å². The van der Waals surface area contributed by atoms with Crippen LogP contribution in [0.3, 0.4) is 0 Å². The lowest BCUT2D eigenvalue weighted by Crippen LogP contribution is -2.14. The molecular formula is C23H18N2O3. The summed E-state index contributed by atoms with van der Waals surface area (Å²) in [5.41, 5.74) is 5.36. The minimum atomic E-state index is -0.311. The number of ketones is 1. The summed E-state index contributed by atoms with van der Waals surface area (Å²) in [6, 6.07) is 17.9. The summed E-state index contributed by atoms with van der Waals surface area (Å²) in [4.78, 5) is 36.7. The van der Waals surface area contributed by atoms with Gasteiger partial charge in [0.1, 0.15) is 0 Å². The molecule has 5 heteroatoms. The fraction of sp³-hybridized carbons (Fsp3) is 0.0870. The van der Waals surface area contributed by atoms with Crippen LogP contribution >= 0.6 is 0 Å². The maximum atomic E-state index is 12.8. The number of hydrogen-bond donors (Lipinski definition) is 2. The molecule has 3 aromatic rings. The molecule has 0 aliphatic heterocycles. The van der Waals surface area contributed by atoms with Crippen molar-refractivity contribution >= 4 is 29.0 Å². The number of carbonyl (C=O) groups excluding carboxylic acids is 3. The van der Waals surface area contributed by atoms with Gasteiger partial charge < -0.3 is 10.6 Å². The number of rotatable bonds is 3. The number of fused-ring (bicyclic) bond motifs is 3. The Morgan fingerprint density at radius 1 is 0.750 bits per heavy atom. The number of hydrogen-bond acceptors (Lipinski definition) is 3. The van der Waals surface area contributed by atoms with Crippen molar-refractivity contribution in [3.05, 3.63) is 82.9 Å². The molecule has 0 aromatic heterocycles. The predicted octanol–water partition coefficient (Wildman–Crippen LogP) is 4.42. The van der Waals surface area contributed by atoms with Gasteiger partial charge in [-0.25, -0.2) is 0 Å². The van der Waals surface area contributed by atoms with Crippen molar-refractivity contribution in [2.24, 2.45) is 0 Å². The minimum Gasteiger partial charge on any atom is -0.326 e. The molecule has 4 rings (SSSR count). The zero-order chi connectivity index (χ0) is 19.8. The highest BCUT2D eigenvalue weighted by molar-refractivity contribution is 6.22. The fourth-order valence-electron chi connectivity index (χ4n) is 3.46. The lowest BCUT2D eigenvalue weighted by molar-refractivity contribution is -0.114. The standard InChI is InChI=1S/C23H18N2O3/c1-13-20(24-14(2)26)8-5-9-21(13)25-23(28)15-10-11-17-16-6-3-4-7-18(16)22(27)19(17)12-15/h3-12H,1-2H3,(H,24,26)(H,25,28). The average molecular weight is 370 g/mol. The zero-order valence-electron chi connectivity index (χ0n) is 15.5. The molecule has 0 saturated heterocycles. The molecule has 3 aromatic carbocycles. The van der Waals surface area contributed by atoms with Crippen molar-refractivity contribution in [3.8, 4) is 11.1 Å². The highest BCUT2D eigenvalue weighted by Crippen LogP contribution is 2.36. The molecule has 0 bridgehead atoms. The first-order valence-electron chi connectivity index (χ1n) is 8.92. The number of nitrogens with one attached hydrogen (secondary N) is 2. The molecule has 138 valence electrons. The summed E-state index contributed by atoms with van der Waals surface area (Å²) in [6.07, 6.45) is 0. The van der Waals surface area contributed by atoms with E-state index in [1.54, 1.807) is 36.4 Å². The van der Waals surface area contributed by atoms with Crippen molar-refractivity contribution in [2.75, 3.05) is 10.6 Å². The second-order valence-electron chi connectivity index (χ2n) is 6.75. The van der Waals surface area contributed by atoms with E-state index in [-0.39, 0.29) is 17.6 Å². The van der Waals surface area contributed by atoms with E-state index in [1.807, 2.05) is 31.2 Å². The molecule has 5 nitrogen and oxygen atoms in total. The first-order valence-corrected chi connectivity index (χ1v) is 8.92. The Kier molecular flexibility index (Phi) is 4.28. The van der Waals surface area contributed by atoms with Crippen LogP contribution in [0.25, 0.3) is 11.1 Å². The van der Waals surface area contributed by atoms with Crippen molar-refractivity contribution in [2.45, 2.75) is 13.8 Å². The Balaban J connectivity index is 1.63. The fourth-order valence-corrected chi connectivity index (χ4v) is 3.46. The number of anilines is 2. The molecule has 1 aliphatic carbocycles. The monoisotopic (exact) mass is 370 g/mol. The van der Waals surface area contributed by atoms with E-state index in [0.29, 0.717) is 28.1 Å². The van der Waals surface area contributed by atoms with Crippen LogP contribution in [-0.4, -0.2) is 17.6 Å². The largest absolute Gasteiger partial charge is 0.326 e. The van der Waals surface area contributed by atoms with Gasteiger partial charge in [-0.05, 0) is 47.9 Å². The van der Waals surface area contributed by atoms with Crippen LogP contribution < -0.4 is 10.6 Å². The molecule has 0 heterocycles. The highest BCUT2D eigenvalue weighted by Gasteiger charge is 2.27. The van der Waals surface area contributed by atoms with Gasteiger partial charge in [0.2, 0.25) is 5.91 Å². The molecule has 0 spiro atoms. The van der Waals surface area contributed by atoms with Gasteiger partial charge in [0.15, 0.2) is 5.78 Å². The Morgan fingerprint density at radius 3 is 2.11 bits per heavy atom. The molecule has 0 atom stereocenters. The van der Waals surface area contributed by atoms with Crippen LogP contribution in [0.4, 0.5) is 11.4 Å². The maximum absolute atomic E-state index is 12.8. The van der Waals surface area contributed by atoms with Crippen LogP contribution in [0.5, 0.6) is 0 Å². The van der Waals surface area contributed by atoms with E-state index in [2.05, 4.69) is 10.6 Å². The Morgan fingerprint density at radius 2 is 1.39 bits per heavy atom. The van der Waals surface area contributed by atoms with Crippen LogP contribution in [0.15, 0.2) is 60.7 Å². The average Bonchev–Trinajstić information content (AvgIpc) is 2.97. The molecule has 2 amide bonds. The lowest BCUT2D eigenvalue weighted by atomic mass is 10.0. The first-order chi connectivity index (χ1) is 13.5. The summed E-state index contributed by atoms with van der Waals surface area (Å²) >= 11 is 0. The predicted molar refractivity (Wildman–Crippen MR) is 109 cm³/mol. The van der Waals surface area contributed by atoms with Crippen molar-refractivity contribution in [1.82, 2.24) is 0 Å².